The van der Waals surface area contributed by atoms with Crippen molar-refractivity contribution >= 4 is 11.3 Å². The van der Waals surface area contributed by atoms with E-state index in [1.807, 2.05) is 18.4 Å². The van der Waals surface area contributed by atoms with Crippen molar-refractivity contribution in [2.45, 2.75) is 13.0 Å². The molecule has 0 spiro atoms. The quantitative estimate of drug-likeness (QED) is 0.794. The smallest absolute Gasteiger partial charge is 0.0544 e. The molecular formula is C10H18N2S. The van der Waals surface area contributed by atoms with Gasteiger partial charge in [0.05, 0.1) is 6.04 Å². The first kappa shape index (κ1) is 10.7. The van der Waals surface area contributed by atoms with E-state index in [9.17, 15) is 0 Å². The summed E-state index contributed by atoms with van der Waals surface area (Å²) in [6.07, 6.45) is 0. The van der Waals surface area contributed by atoms with E-state index in [2.05, 4.69) is 42.7 Å². The largest absolute Gasteiger partial charge is 0.311 e. The van der Waals surface area contributed by atoms with Gasteiger partial charge >= 0.3 is 0 Å². The number of aryl methyl sites for hydroxylation is 1. The molecule has 1 aromatic rings. The first-order valence-electron chi connectivity index (χ1n) is 4.51. The van der Waals surface area contributed by atoms with Crippen molar-refractivity contribution in [3.05, 3.63) is 21.9 Å². The summed E-state index contributed by atoms with van der Waals surface area (Å²) in [5, 5.41) is 5.50. The van der Waals surface area contributed by atoms with Gasteiger partial charge in [-0.3, -0.25) is 0 Å². The highest BCUT2D eigenvalue weighted by Crippen LogP contribution is 2.23. The fourth-order valence-electron chi connectivity index (χ4n) is 1.41. The van der Waals surface area contributed by atoms with Gasteiger partial charge in [0.25, 0.3) is 0 Å². The Labute approximate surface area is 84.6 Å². The first-order valence-corrected chi connectivity index (χ1v) is 5.39. The SMILES string of the molecule is CNC(CN(C)C)c1sccc1C. The van der Waals surface area contributed by atoms with Crippen LogP contribution < -0.4 is 5.32 Å². The fourth-order valence-corrected chi connectivity index (χ4v) is 2.44. The number of hydrogen-bond acceptors (Lipinski definition) is 3. The second kappa shape index (κ2) is 4.74. The molecule has 0 aliphatic carbocycles. The topological polar surface area (TPSA) is 15.3 Å². The fraction of sp³-hybridized carbons (Fsp3) is 0.600. The summed E-state index contributed by atoms with van der Waals surface area (Å²) in [6.45, 7) is 3.23. The van der Waals surface area contributed by atoms with Crippen molar-refractivity contribution in [1.29, 1.82) is 0 Å². The standard InChI is InChI=1S/C10H18N2S/c1-8-5-6-13-10(8)9(11-2)7-12(3)4/h5-6,9,11H,7H2,1-4H3. The Kier molecular flexibility index (Phi) is 3.90. The lowest BCUT2D eigenvalue weighted by Crippen LogP contribution is -2.28. The molecule has 1 heterocycles. The molecule has 0 aromatic carbocycles. The lowest BCUT2D eigenvalue weighted by Gasteiger charge is -2.20. The zero-order valence-electron chi connectivity index (χ0n) is 8.79. The minimum atomic E-state index is 0.468. The molecule has 0 saturated carbocycles. The van der Waals surface area contributed by atoms with Crippen LogP contribution >= 0.6 is 11.3 Å². The highest BCUT2D eigenvalue weighted by molar-refractivity contribution is 7.10. The maximum Gasteiger partial charge on any atom is 0.0544 e. The van der Waals surface area contributed by atoms with Gasteiger partial charge in [0.15, 0.2) is 0 Å². The molecule has 74 valence electrons. The Hall–Kier alpha value is -0.380. The molecule has 0 aliphatic heterocycles. The molecule has 1 atom stereocenters. The predicted molar refractivity (Wildman–Crippen MR) is 59.4 cm³/mol. The highest BCUT2D eigenvalue weighted by atomic mass is 32.1. The van der Waals surface area contributed by atoms with Crippen molar-refractivity contribution < 1.29 is 0 Å². The van der Waals surface area contributed by atoms with Crippen LogP contribution in [0.25, 0.3) is 0 Å². The van der Waals surface area contributed by atoms with E-state index in [-0.39, 0.29) is 0 Å². The van der Waals surface area contributed by atoms with Gasteiger partial charge in [-0.2, -0.15) is 0 Å². The number of hydrogen-bond donors (Lipinski definition) is 1. The molecule has 1 rings (SSSR count). The van der Waals surface area contributed by atoms with Gasteiger partial charge in [-0.1, -0.05) is 0 Å². The van der Waals surface area contributed by atoms with Gasteiger partial charge in [-0.15, -0.1) is 11.3 Å². The Balaban J connectivity index is 2.72. The number of thiophene rings is 1. The van der Waals surface area contributed by atoms with Crippen LogP contribution in [0.3, 0.4) is 0 Å². The third kappa shape index (κ3) is 2.79. The van der Waals surface area contributed by atoms with Crippen LogP contribution in [0.15, 0.2) is 11.4 Å². The summed E-state index contributed by atoms with van der Waals surface area (Å²) >= 11 is 1.84. The van der Waals surface area contributed by atoms with Gasteiger partial charge in [-0.25, -0.2) is 0 Å². The predicted octanol–water partition coefficient (Wildman–Crippen LogP) is 1.88. The monoisotopic (exact) mass is 198 g/mol. The highest BCUT2D eigenvalue weighted by Gasteiger charge is 2.13. The van der Waals surface area contributed by atoms with E-state index >= 15 is 0 Å². The van der Waals surface area contributed by atoms with Gasteiger partial charge in [-0.05, 0) is 45.1 Å². The Morgan fingerprint density at radius 2 is 2.23 bits per heavy atom. The van der Waals surface area contributed by atoms with Crippen LogP contribution in [-0.4, -0.2) is 32.6 Å². The van der Waals surface area contributed by atoms with E-state index in [4.69, 9.17) is 0 Å². The van der Waals surface area contributed by atoms with Crippen LogP contribution in [0.1, 0.15) is 16.5 Å². The number of nitrogens with one attached hydrogen (secondary N) is 1. The molecule has 2 nitrogen and oxygen atoms in total. The average Bonchev–Trinajstić information content (AvgIpc) is 2.47. The maximum atomic E-state index is 3.35. The molecule has 0 fully saturated rings. The van der Waals surface area contributed by atoms with Crippen molar-refractivity contribution in [3.8, 4) is 0 Å². The summed E-state index contributed by atoms with van der Waals surface area (Å²) in [7, 11) is 6.23. The Bertz CT molecular complexity index is 255. The minimum Gasteiger partial charge on any atom is -0.311 e. The van der Waals surface area contributed by atoms with Crippen LogP contribution in [0, 0.1) is 6.92 Å². The third-order valence-corrected chi connectivity index (χ3v) is 3.25. The maximum absolute atomic E-state index is 3.35. The van der Waals surface area contributed by atoms with E-state index in [1.165, 1.54) is 10.4 Å². The number of likely N-dealkylation sites (N-methyl/N-ethyl adjacent to an activating group) is 2. The van der Waals surface area contributed by atoms with E-state index in [0.717, 1.165) is 6.54 Å². The third-order valence-electron chi connectivity index (χ3n) is 2.11. The Morgan fingerprint density at radius 1 is 1.54 bits per heavy atom. The molecule has 0 saturated heterocycles. The normalized spacial score (nSPS) is 13.6. The summed E-state index contributed by atoms with van der Waals surface area (Å²) < 4.78 is 0. The summed E-state index contributed by atoms with van der Waals surface area (Å²) in [6, 6.07) is 2.65. The second-order valence-corrected chi connectivity index (χ2v) is 4.52. The molecule has 13 heavy (non-hydrogen) atoms. The van der Waals surface area contributed by atoms with Crippen molar-refractivity contribution in [2.24, 2.45) is 0 Å². The van der Waals surface area contributed by atoms with E-state index in [1.54, 1.807) is 0 Å². The molecule has 3 heteroatoms. The zero-order valence-corrected chi connectivity index (χ0v) is 9.61. The molecule has 1 N–H and O–H groups in total. The van der Waals surface area contributed by atoms with Gasteiger partial charge in [0.1, 0.15) is 0 Å². The summed E-state index contributed by atoms with van der Waals surface area (Å²) in [5.41, 5.74) is 1.39. The lowest BCUT2D eigenvalue weighted by atomic mass is 10.1. The average molecular weight is 198 g/mol. The van der Waals surface area contributed by atoms with E-state index < -0.39 is 0 Å². The minimum absolute atomic E-state index is 0.468. The molecular weight excluding hydrogens is 180 g/mol. The molecule has 1 unspecified atom stereocenters. The van der Waals surface area contributed by atoms with Crippen molar-refractivity contribution in [2.75, 3.05) is 27.7 Å². The van der Waals surface area contributed by atoms with Crippen molar-refractivity contribution in [1.82, 2.24) is 10.2 Å². The molecule has 0 radical (unpaired) electrons. The van der Waals surface area contributed by atoms with Crippen LogP contribution in [0.4, 0.5) is 0 Å². The molecule has 1 aromatic heterocycles. The van der Waals surface area contributed by atoms with Gasteiger partial charge in [0.2, 0.25) is 0 Å². The Morgan fingerprint density at radius 3 is 2.62 bits per heavy atom. The van der Waals surface area contributed by atoms with Gasteiger partial charge in [0, 0.05) is 11.4 Å². The molecule has 0 amide bonds. The summed E-state index contributed by atoms with van der Waals surface area (Å²) in [4.78, 5) is 3.66. The second-order valence-electron chi connectivity index (χ2n) is 3.57. The van der Waals surface area contributed by atoms with Crippen LogP contribution in [-0.2, 0) is 0 Å². The van der Waals surface area contributed by atoms with Gasteiger partial charge < -0.3 is 10.2 Å². The van der Waals surface area contributed by atoms with Crippen LogP contribution in [0.5, 0.6) is 0 Å². The first-order chi connectivity index (χ1) is 6.15. The zero-order chi connectivity index (χ0) is 9.84. The van der Waals surface area contributed by atoms with Crippen LogP contribution in [0.2, 0.25) is 0 Å². The molecule has 0 bridgehead atoms. The van der Waals surface area contributed by atoms with Crippen molar-refractivity contribution in [3.63, 3.8) is 0 Å². The number of rotatable bonds is 4. The lowest BCUT2D eigenvalue weighted by molar-refractivity contribution is 0.355. The number of nitrogens with zero attached hydrogens (tertiary/aromatic N) is 1. The summed E-state index contributed by atoms with van der Waals surface area (Å²) in [5.74, 6) is 0. The van der Waals surface area contributed by atoms with E-state index in [0.29, 0.717) is 6.04 Å². The molecule has 0 aliphatic rings.